The topological polar surface area (TPSA) is 41.1 Å². The van der Waals surface area contributed by atoms with Gasteiger partial charge in [0.05, 0.1) is 6.04 Å². The van der Waals surface area contributed by atoms with Crippen LogP contribution in [0.3, 0.4) is 0 Å². The molecule has 0 unspecified atom stereocenters. The quantitative estimate of drug-likeness (QED) is 0.848. The average Bonchev–Trinajstić information content (AvgIpc) is 3.33. The molecule has 21 heavy (non-hydrogen) atoms. The standard InChI is InChI=1S/C17H24N2OS/c20-17(19-14-8-9-14)16(11-13-5-2-1-3-6-13)18-15-7-4-10-21-12-15/h1-3,5-6,14-16,18H,4,7-12H2,(H,19,20)/t15-,16+/m1/s1. The molecule has 2 atom stereocenters. The first-order valence-corrected chi connectivity index (χ1v) is 9.15. The molecule has 2 aliphatic rings. The van der Waals surface area contributed by atoms with E-state index in [9.17, 15) is 4.79 Å². The van der Waals surface area contributed by atoms with E-state index in [1.807, 2.05) is 30.0 Å². The SMILES string of the molecule is O=C(NC1CC1)[C@H](Cc1ccccc1)N[C@@H]1CCCSC1. The Kier molecular flexibility index (Phi) is 5.20. The molecule has 0 aromatic heterocycles. The molecule has 1 saturated heterocycles. The fraction of sp³-hybridized carbons (Fsp3) is 0.588. The highest BCUT2D eigenvalue weighted by Crippen LogP contribution is 2.20. The maximum Gasteiger partial charge on any atom is 0.237 e. The first kappa shape index (κ1) is 14.9. The van der Waals surface area contributed by atoms with Crippen molar-refractivity contribution in [1.82, 2.24) is 10.6 Å². The van der Waals surface area contributed by atoms with Gasteiger partial charge < -0.3 is 10.6 Å². The third kappa shape index (κ3) is 4.75. The van der Waals surface area contributed by atoms with Crippen molar-refractivity contribution in [2.45, 2.75) is 50.2 Å². The number of thioether (sulfide) groups is 1. The van der Waals surface area contributed by atoms with Gasteiger partial charge in [-0.25, -0.2) is 0 Å². The van der Waals surface area contributed by atoms with E-state index in [-0.39, 0.29) is 11.9 Å². The van der Waals surface area contributed by atoms with Crippen molar-refractivity contribution in [3.63, 3.8) is 0 Å². The Bertz CT molecular complexity index is 455. The zero-order valence-corrected chi connectivity index (χ0v) is 13.2. The summed E-state index contributed by atoms with van der Waals surface area (Å²) in [4.78, 5) is 12.5. The minimum absolute atomic E-state index is 0.100. The van der Waals surface area contributed by atoms with Crippen molar-refractivity contribution in [3.05, 3.63) is 35.9 Å². The minimum atomic E-state index is -0.100. The number of carbonyl (C=O) groups is 1. The zero-order valence-electron chi connectivity index (χ0n) is 12.4. The lowest BCUT2D eigenvalue weighted by Gasteiger charge is -2.28. The summed E-state index contributed by atoms with van der Waals surface area (Å²) in [6.07, 6.45) is 5.51. The normalized spacial score (nSPS) is 23.5. The summed E-state index contributed by atoms with van der Waals surface area (Å²) in [6, 6.07) is 11.1. The van der Waals surface area contributed by atoms with Gasteiger partial charge in [0, 0.05) is 17.8 Å². The van der Waals surface area contributed by atoms with Crippen LogP contribution in [0.1, 0.15) is 31.2 Å². The van der Waals surface area contributed by atoms with Crippen LogP contribution in [-0.2, 0) is 11.2 Å². The Morgan fingerprint density at radius 3 is 2.67 bits per heavy atom. The van der Waals surface area contributed by atoms with Gasteiger partial charge in [-0.2, -0.15) is 11.8 Å². The predicted octanol–water partition coefficient (Wildman–Crippen LogP) is 2.36. The number of rotatable bonds is 6. The van der Waals surface area contributed by atoms with E-state index in [1.54, 1.807) is 0 Å². The smallest absolute Gasteiger partial charge is 0.237 e. The van der Waals surface area contributed by atoms with Gasteiger partial charge in [-0.1, -0.05) is 30.3 Å². The van der Waals surface area contributed by atoms with Gasteiger partial charge in [-0.3, -0.25) is 4.79 Å². The zero-order chi connectivity index (χ0) is 14.5. The van der Waals surface area contributed by atoms with Gasteiger partial charge in [-0.15, -0.1) is 0 Å². The number of hydrogen-bond donors (Lipinski definition) is 2. The van der Waals surface area contributed by atoms with E-state index in [1.165, 1.54) is 24.2 Å². The molecule has 1 heterocycles. The van der Waals surface area contributed by atoms with Crippen LogP contribution in [0.25, 0.3) is 0 Å². The highest BCUT2D eigenvalue weighted by Gasteiger charge is 2.29. The fourth-order valence-corrected chi connectivity index (χ4v) is 3.85. The second-order valence-electron chi connectivity index (χ2n) is 6.11. The Hall–Kier alpha value is -1.00. The third-order valence-corrected chi connectivity index (χ3v) is 5.34. The summed E-state index contributed by atoms with van der Waals surface area (Å²) in [5, 5.41) is 6.76. The predicted molar refractivity (Wildman–Crippen MR) is 88.6 cm³/mol. The van der Waals surface area contributed by atoms with Gasteiger partial charge in [-0.05, 0) is 43.4 Å². The Morgan fingerprint density at radius 2 is 2.00 bits per heavy atom. The third-order valence-electron chi connectivity index (χ3n) is 4.12. The Balaban J connectivity index is 1.62. The fourth-order valence-electron chi connectivity index (χ4n) is 2.76. The highest BCUT2D eigenvalue weighted by atomic mass is 32.2. The van der Waals surface area contributed by atoms with Gasteiger partial charge >= 0.3 is 0 Å². The summed E-state index contributed by atoms with van der Waals surface area (Å²) in [7, 11) is 0. The number of amides is 1. The van der Waals surface area contributed by atoms with Crippen LogP contribution in [0.4, 0.5) is 0 Å². The van der Waals surface area contributed by atoms with Crippen molar-refractivity contribution >= 4 is 17.7 Å². The molecule has 0 radical (unpaired) electrons. The van der Waals surface area contributed by atoms with E-state index in [0.29, 0.717) is 12.1 Å². The summed E-state index contributed by atoms with van der Waals surface area (Å²) in [5.41, 5.74) is 1.23. The van der Waals surface area contributed by atoms with Gasteiger partial charge in [0.25, 0.3) is 0 Å². The molecule has 1 aliphatic carbocycles. The van der Waals surface area contributed by atoms with Crippen molar-refractivity contribution in [2.75, 3.05) is 11.5 Å². The Labute approximate surface area is 131 Å². The van der Waals surface area contributed by atoms with Crippen LogP contribution in [0.15, 0.2) is 30.3 Å². The molecule has 0 spiro atoms. The number of nitrogens with one attached hydrogen (secondary N) is 2. The molecule has 3 nitrogen and oxygen atoms in total. The summed E-state index contributed by atoms with van der Waals surface area (Å²) < 4.78 is 0. The second kappa shape index (κ2) is 7.32. The van der Waals surface area contributed by atoms with E-state index in [2.05, 4.69) is 22.8 Å². The molecule has 1 amide bonds. The molecule has 1 aromatic carbocycles. The van der Waals surface area contributed by atoms with Crippen LogP contribution in [0, 0.1) is 0 Å². The first-order chi connectivity index (χ1) is 10.3. The molecule has 2 N–H and O–H groups in total. The van der Waals surface area contributed by atoms with E-state index in [0.717, 1.165) is 25.0 Å². The molecular weight excluding hydrogens is 280 g/mol. The van der Waals surface area contributed by atoms with E-state index in [4.69, 9.17) is 0 Å². The van der Waals surface area contributed by atoms with Gasteiger partial charge in [0.15, 0.2) is 0 Å². The molecular formula is C17H24N2OS. The van der Waals surface area contributed by atoms with Crippen LogP contribution in [0.5, 0.6) is 0 Å². The Morgan fingerprint density at radius 1 is 1.19 bits per heavy atom. The molecule has 4 heteroatoms. The second-order valence-corrected chi connectivity index (χ2v) is 7.26. The highest BCUT2D eigenvalue weighted by molar-refractivity contribution is 7.99. The maximum atomic E-state index is 12.5. The molecule has 2 fully saturated rings. The molecule has 3 rings (SSSR count). The molecule has 1 saturated carbocycles. The number of carbonyl (C=O) groups excluding carboxylic acids is 1. The van der Waals surface area contributed by atoms with Crippen molar-refractivity contribution in [3.8, 4) is 0 Å². The summed E-state index contributed by atoms with van der Waals surface area (Å²) in [5.74, 6) is 2.56. The summed E-state index contributed by atoms with van der Waals surface area (Å²) >= 11 is 2.00. The minimum Gasteiger partial charge on any atom is -0.352 e. The average molecular weight is 304 g/mol. The lowest BCUT2D eigenvalue weighted by molar-refractivity contribution is -0.123. The van der Waals surface area contributed by atoms with E-state index >= 15 is 0 Å². The van der Waals surface area contributed by atoms with Crippen LogP contribution >= 0.6 is 11.8 Å². The lowest BCUT2D eigenvalue weighted by Crippen LogP contribution is -2.51. The molecule has 114 valence electrons. The van der Waals surface area contributed by atoms with Crippen LogP contribution in [-0.4, -0.2) is 35.5 Å². The van der Waals surface area contributed by atoms with Crippen molar-refractivity contribution in [1.29, 1.82) is 0 Å². The maximum absolute atomic E-state index is 12.5. The van der Waals surface area contributed by atoms with Gasteiger partial charge in [0.1, 0.15) is 0 Å². The molecule has 1 aromatic rings. The molecule has 0 bridgehead atoms. The number of hydrogen-bond acceptors (Lipinski definition) is 3. The van der Waals surface area contributed by atoms with Crippen molar-refractivity contribution in [2.24, 2.45) is 0 Å². The van der Waals surface area contributed by atoms with Gasteiger partial charge in [0.2, 0.25) is 5.91 Å². The monoisotopic (exact) mass is 304 g/mol. The van der Waals surface area contributed by atoms with Crippen molar-refractivity contribution < 1.29 is 4.79 Å². The lowest BCUT2D eigenvalue weighted by atomic mass is 10.0. The van der Waals surface area contributed by atoms with E-state index < -0.39 is 0 Å². The van der Waals surface area contributed by atoms with Crippen LogP contribution in [0.2, 0.25) is 0 Å². The number of benzene rings is 1. The largest absolute Gasteiger partial charge is 0.352 e. The molecule has 1 aliphatic heterocycles. The summed E-state index contributed by atoms with van der Waals surface area (Å²) in [6.45, 7) is 0. The van der Waals surface area contributed by atoms with Crippen LogP contribution < -0.4 is 10.6 Å². The first-order valence-electron chi connectivity index (χ1n) is 7.99.